The molecule has 0 fully saturated rings. The topological polar surface area (TPSA) is 94.0 Å². The van der Waals surface area contributed by atoms with Crippen LogP contribution in [-0.2, 0) is 0 Å². The number of nitrogens with one attached hydrogen (secondary N) is 1. The van der Waals surface area contributed by atoms with E-state index in [0.29, 0.717) is 12.2 Å². The third-order valence-corrected chi connectivity index (χ3v) is 1.83. The number of hydrogen-bond donors (Lipinski definition) is 2. The molecule has 0 unspecified atom stereocenters. The van der Waals surface area contributed by atoms with Crippen molar-refractivity contribution in [3.8, 4) is 0 Å². The van der Waals surface area contributed by atoms with Crippen LogP contribution < -0.4 is 11.1 Å². The van der Waals surface area contributed by atoms with E-state index in [9.17, 15) is 0 Å². The minimum absolute atomic E-state index is 0.295. The van der Waals surface area contributed by atoms with Crippen LogP contribution in [0.5, 0.6) is 0 Å². The molecule has 2 aromatic rings. The second-order valence-electron chi connectivity index (χ2n) is 4.08. The van der Waals surface area contributed by atoms with Crippen LogP contribution in [0.2, 0.25) is 0 Å². The normalized spacial score (nSPS) is 11.9. The molecule has 0 aliphatic rings. The zero-order valence-electron chi connectivity index (χ0n) is 8.68. The first-order chi connectivity index (χ1) is 7.06. The lowest BCUT2D eigenvalue weighted by atomic mass is 10.1. The van der Waals surface area contributed by atoms with Gasteiger partial charge >= 0.3 is 0 Å². The number of anilines is 1. The Hall–Kier alpha value is -1.76. The first-order valence-electron chi connectivity index (χ1n) is 4.61. The van der Waals surface area contributed by atoms with Crippen LogP contribution in [0.1, 0.15) is 13.8 Å². The summed E-state index contributed by atoms with van der Waals surface area (Å²) in [5.74, 6) is 0.732. The minimum atomic E-state index is -0.295. The van der Waals surface area contributed by atoms with E-state index in [1.54, 1.807) is 16.9 Å². The molecule has 0 saturated heterocycles. The number of rotatable bonds is 3. The van der Waals surface area contributed by atoms with Gasteiger partial charge in [0.15, 0.2) is 5.65 Å². The first kappa shape index (κ1) is 9.78. The van der Waals surface area contributed by atoms with Gasteiger partial charge in [0, 0.05) is 12.1 Å². The van der Waals surface area contributed by atoms with Crippen LogP contribution in [0.15, 0.2) is 12.4 Å². The van der Waals surface area contributed by atoms with Gasteiger partial charge < -0.3 is 11.1 Å². The van der Waals surface area contributed by atoms with E-state index < -0.39 is 0 Å². The smallest absolute Gasteiger partial charge is 0.199 e. The second-order valence-corrected chi connectivity index (χ2v) is 4.08. The van der Waals surface area contributed by atoms with Crippen LogP contribution in [-0.4, -0.2) is 37.1 Å². The number of tetrazole rings is 1. The number of nitrogens with two attached hydrogens (primary N) is 1. The van der Waals surface area contributed by atoms with Crippen LogP contribution >= 0.6 is 0 Å². The summed E-state index contributed by atoms with van der Waals surface area (Å²) in [7, 11) is 0. The van der Waals surface area contributed by atoms with Crippen LogP contribution in [0.25, 0.3) is 5.65 Å². The summed E-state index contributed by atoms with van der Waals surface area (Å²) in [5, 5.41) is 14.3. The molecule has 7 heteroatoms. The van der Waals surface area contributed by atoms with Crippen molar-refractivity contribution in [2.45, 2.75) is 19.4 Å². The van der Waals surface area contributed by atoms with Gasteiger partial charge in [0.05, 0.1) is 12.4 Å². The van der Waals surface area contributed by atoms with Crippen molar-refractivity contribution < 1.29 is 0 Å². The van der Waals surface area contributed by atoms with E-state index in [-0.39, 0.29) is 5.54 Å². The maximum atomic E-state index is 5.86. The fourth-order valence-electron chi connectivity index (χ4n) is 1.11. The zero-order valence-corrected chi connectivity index (χ0v) is 8.68. The summed E-state index contributed by atoms with van der Waals surface area (Å²) in [5.41, 5.74) is 6.17. The van der Waals surface area contributed by atoms with Gasteiger partial charge in [0.25, 0.3) is 0 Å². The summed E-state index contributed by atoms with van der Waals surface area (Å²) in [6.07, 6.45) is 3.26. The van der Waals surface area contributed by atoms with E-state index in [0.717, 1.165) is 5.82 Å². The van der Waals surface area contributed by atoms with Crippen LogP contribution in [0.4, 0.5) is 5.82 Å². The average molecular weight is 207 g/mol. The highest BCUT2D eigenvalue weighted by Crippen LogP contribution is 2.07. The summed E-state index contributed by atoms with van der Waals surface area (Å²) in [6, 6.07) is 0. The maximum Gasteiger partial charge on any atom is 0.199 e. The van der Waals surface area contributed by atoms with Crippen molar-refractivity contribution in [2.75, 3.05) is 11.9 Å². The van der Waals surface area contributed by atoms with Gasteiger partial charge in [0.2, 0.25) is 0 Å². The molecule has 0 spiro atoms. The standard InChI is InChI=1S/C8H13N7/c1-8(2,9)5-11-6-3-10-4-7-12-13-14-15(6)7/h3-4,11H,5,9H2,1-2H3. The zero-order chi connectivity index (χ0) is 10.9. The Labute approximate surface area is 86.7 Å². The summed E-state index contributed by atoms with van der Waals surface area (Å²) in [4.78, 5) is 4.02. The molecule has 0 aliphatic heterocycles. The van der Waals surface area contributed by atoms with Gasteiger partial charge in [0.1, 0.15) is 5.82 Å². The Bertz CT molecular complexity index is 455. The van der Waals surface area contributed by atoms with Crippen molar-refractivity contribution in [2.24, 2.45) is 5.73 Å². The first-order valence-corrected chi connectivity index (χ1v) is 4.61. The summed E-state index contributed by atoms with van der Waals surface area (Å²) >= 11 is 0. The minimum Gasteiger partial charge on any atom is -0.367 e. The predicted octanol–water partition coefficient (Wildman–Crippen LogP) is -0.332. The average Bonchev–Trinajstić information content (AvgIpc) is 2.61. The molecule has 0 saturated carbocycles. The molecule has 0 amide bonds. The highest BCUT2D eigenvalue weighted by Gasteiger charge is 2.11. The van der Waals surface area contributed by atoms with Gasteiger partial charge in [-0.2, -0.15) is 4.52 Å². The monoisotopic (exact) mass is 207 g/mol. The lowest BCUT2D eigenvalue weighted by Gasteiger charge is -2.19. The Morgan fingerprint density at radius 1 is 1.47 bits per heavy atom. The quantitative estimate of drug-likeness (QED) is 0.715. The summed E-state index contributed by atoms with van der Waals surface area (Å²) < 4.78 is 1.58. The van der Waals surface area contributed by atoms with Crippen molar-refractivity contribution in [1.82, 2.24) is 25.0 Å². The Kier molecular flexibility index (Phi) is 2.24. The van der Waals surface area contributed by atoms with E-state index in [1.165, 1.54) is 0 Å². The number of hydrogen-bond acceptors (Lipinski definition) is 6. The number of aromatic nitrogens is 5. The number of fused-ring (bicyclic) bond motifs is 1. The molecule has 2 rings (SSSR count). The largest absolute Gasteiger partial charge is 0.367 e. The fraction of sp³-hybridized carbons (Fsp3) is 0.500. The molecule has 0 radical (unpaired) electrons. The van der Waals surface area contributed by atoms with E-state index >= 15 is 0 Å². The van der Waals surface area contributed by atoms with E-state index in [1.807, 2.05) is 13.8 Å². The summed E-state index contributed by atoms with van der Waals surface area (Å²) in [6.45, 7) is 4.49. The van der Waals surface area contributed by atoms with Crippen molar-refractivity contribution in [3.63, 3.8) is 0 Å². The molecule has 7 nitrogen and oxygen atoms in total. The van der Waals surface area contributed by atoms with Crippen LogP contribution in [0.3, 0.4) is 0 Å². The van der Waals surface area contributed by atoms with Crippen molar-refractivity contribution in [1.29, 1.82) is 0 Å². The van der Waals surface area contributed by atoms with E-state index in [4.69, 9.17) is 5.73 Å². The number of nitrogens with zero attached hydrogens (tertiary/aromatic N) is 5. The molecular weight excluding hydrogens is 194 g/mol. The maximum absolute atomic E-state index is 5.86. The molecule has 15 heavy (non-hydrogen) atoms. The molecule has 0 aliphatic carbocycles. The Balaban J connectivity index is 2.24. The molecule has 80 valence electrons. The lowest BCUT2D eigenvalue weighted by Crippen LogP contribution is -2.40. The van der Waals surface area contributed by atoms with Gasteiger partial charge in [-0.1, -0.05) is 0 Å². The van der Waals surface area contributed by atoms with Gasteiger partial charge in [-0.15, -0.1) is 5.10 Å². The van der Waals surface area contributed by atoms with Gasteiger partial charge in [-0.05, 0) is 24.3 Å². The van der Waals surface area contributed by atoms with Gasteiger partial charge in [-0.3, -0.25) is 4.98 Å². The third kappa shape index (κ3) is 2.18. The second kappa shape index (κ2) is 3.43. The van der Waals surface area contributed by atoms with Crippen LogP contribution in [0, 0.1) is 0 Å². The Morgan fingerprint density at radius 2 is 2.27 bits per heavy atom. The van der Waals surface area contributed by atoms with Gasteiger partial charge in [-0.25, -0.2) is 0 Å². The molecule has 0 bridgehead atoms. The molecule has 2 aromatic heterocycles. The molecule has 2 heterocycles. The highest BCUT2D eigenvalue weighted by molar-refractivity contribution is 5.43. The SMILES string of the molecule is CC(C)(N)CNc1cncc2nnnn12. The molecule has 0 aromatic carbocycles. The van der Waals surface area contributed by atoms with Crippen molar-refractivity contribution >= 4 is 11.5 Å². The highest BCUT2D eigenvalue weighted by atomic mass is 15.5. The molecule has 3 N–H and O–H groups in total. The Morgan fingerprint density at radius 3 is 3.00 bits per heavy atom. The van der Waals surface area contributed by atoms with E-state index in [2.05, 4.69) is 25.8 Å². The fourth-order valence-corrected chi connectivity index (χ4v) is 1.11. The lowest BCUT2D eigenvalue weighted by molar-refractivity contribution is 0.547. The molecular formula is C8H13N7. The van der Waals surface area contributed by atoms with Crippen molar-refractivity contribution in [3.05, 3.63) is 12.4 Å². The molecule has 0 atom stereocenters. The third-order valence-electron chi connectivity index (χ3n) is 1.83. The predicted molar refractivity (Wildman–Crippen MR) is 55.3 cm³/mol.